The summed E-state index contributed by atoms with van der Waals surface area (Å²) in [6, 6.07) is 10.5. The normalized spacial score (nSPS) is 23.3. The summed E-state index contributed by atoms with van der Waals surface area (Å²) in [6.07, 6.45) is 6.05. The third-order valence-electron chi connectivity index (χ3n) is 6.45. The zero-order valence-corrected chi connectivity index (χ0v) is 18.0. The molecule has 1 aromatic rings. The fourth-order valence-electron chi connectivity index (χ4n) is 4.42. The first-order chi connectivity index (χ1) is 14.7. The van der Waals surface area contributed by atoms with Crippen molar-refractivity contribution in [1.82, 2.24) is 14.7 Å². The Morgan fingerprint density at radius 1 is 0.933 bits per heavy atom. The molecule has 2 saturated heterocycles. The molecular weight excluding hydrogens is 378 g/mol. The average Bonchev–Trinajstić information content (AvgIpc) is 3.52. The van der Waals surface area contributed by atoms with Crippen LogP contribution in [0.5, 0.6) is 0 Å². The molecule has 1 aliphatic carbocycles. The summed E-state index contributed by atoms with van der Waals surface area (Å²) < 4.78 is 6.24. The molecule has 2 aliphatic heterocycles. The summed E-state index contributed by atoms with van der Waals surface area (Å²) in [5.41, 5.74) is 1.30. The molecule has 6 heteroatoms. The number of carbonyl (C=O) groups is 2. The summed E-state index contributed by atoms with van der Waals surface area (Å²) >= 11 is 0. The SMILES string of the molecule is O=C1CCCN1CCCN1C[C@@H](OCC2CC2)CN(CCc2ccccc2)CC1=O. The van der Waals surface area contributed by atoms with Crippen molar-refractivity contribution in [3.8, 4) is 0 Å². The molecule has 2 amide bonds. The molecule has 0 spiro atoms. The van der Waals surface area contributed by atoms with Crippen molar-refractivity contribution in [3.05, 3.63) is 35.9 Å². The Balaban J connectivity index is 1.31. The Kier molecular flexibility index (Phi) is 7.39. The van der Waals surface area contributed by atoms with Gasteiger partial charge in [0.15, 0.2) is 0 Å². The second-order valence-corrected chi connectivity index (χ2v) is 9.05. The van der Waals surface area contributed by atoms with Gasteiger partial charge in [-0.15, -0.1) is 0 Å². The molecule has 1 atom stereocenters. The van der Waals surface area contributed by atoms with Gasteiger partial charge in [0, 0.05) is 52.3 Å². The Labute approximate surface area is 180 Å². The van der Waals surface area contributed by atoms with Crippen LogP contribution >= 0.6 is 0 Å². The van der Waals surface area contributed by atoms with Gasteiger partial charge in [-0.25, -0.2) is 0 Å². The van der Waals surface area contributed by atoms with Gasteiger partial charge in [-0.05, 0) is 43.6 Å². The van der Waals surface area contributed by atoms with Crippen LogP contribution in [0.15, 0.2) is 30.3 Å². The Morgan fingerprint density at radius 3 is 2.47 bits per heavy atom. The molecule has 0 N–H and O–H groups in total. The fourth-order valence-corrected chi connectivity index (χ4v) is 4.42. The maximum atomic E-state index is 13.0. The van der Waals surface area contributed by atoms with Gasteiger partial charge < -0.3 is 14.5 Å². The molecule has 0 radical (unpaired) electrons. The van der Waals surface area contributed by atoms with Crippen molar-refractivity contribution in [2.24, 2.45) is 5.92 Å². The summed E-state index contributed by atoms with van der Waals surface area (Å²) in [7, 11) is 0. The lowest BCUT2D eigenvalue weighted by atomic mass is 10.1. The lowest BCUT2D eigenvalue weighted by Crippen LogP contribution is -2.40. The molecule has 0 aromatic heterocycles. The molecular formula is C24H35N3O3. The lowest BCUT2D eigenvalue weighted by molar-refractivity contribution is -0.132. The first-order valence-electron chi connectivity index (χ1n) is 11.6. The first-order valence-corrected chi connectivity index (χ1v) is 11.6. The number of hydrogen-bond acceptors (Lipinski definition) is 4. The summed E-state index contributed by atoms with van der Waals surface area (Å²) in [5, 5.41) is 0. The van der Waals surface area contributed by atoms with E-state index in [2.05, 4.69) is 29.2 Å². The molecule has 4 rings (SSSR count). The number of rotatable bonds is 10. The maximum absolute atomic E-state index is 13.0. The highest BCUT2D eigenvalue weighted by Gasteiger charge is 2.30. The first kappa shape index (κ1) is 21.3. The minimum atomic E-state index is 0.0706. The van der Waals surface area contributed by atoms with Crippen molar-refractivity contribution in [3.63, 3.8) is 0 Å². The van der Waals surface area contributed by atoms with E-state index >= 15 is 0 Å². The van der Waals surface area contributed by atoms with E-state index in [0.717, 1.165) is 58.0 Å². The van der Waals surface area contributed by atoms with E-state index in [0.29, 0.717) is 26.1 Å². The lowest BCUT2D eigenvalue weighted by Gasteiger charge is -2.25. The van der Waals surface area contributed by atoms with Gasteiger partial charge in [-0.3, -0.25) is 14.5 Å². The van der Waals surface area contributed by atoms with E-state index in [1.54, 1.807) is 0 Å². The second-order valence-electron chi connectivity index (χ2n) is 9.05. The van der Waals surface area contributed by atoms with E-state index in [9.17, 15) is 9.59 Å². The monoisotopic (exact) mass is 413 g/mol. The van der Waals surface area contributed by atoms with Gasteiger partial charge in [-0.2, -0.15) is 0 Å². The van der Waals surface area contributed by atoms with Crippen LogP contribution in [-0.2, 0) is 20.7 Å². The number of amides is 2. The van der Waals surface area contributed by atoms with Crippen LogP contribution in [0.4, 0.5) is 0 Å². The second kappa shape index (κ2) is 10.4. The van der Waals surface area contributed by atoms with Crippen molar-refractivity contribution in [2.75, 3.05) is 52.4 Å². The Bertz CT molecular complexity index is 707. The molecule has 1 saturated carbocycles. The highest BCUT2D eigenvalue weighted by atomic mass is 16.5. The summed E-state index contributed by atoms with van der Waals surface area (Å²) in [5.74, 6) is 1.17. The quantitative estimate of drug-likeness (QED) is 0.590. The largest absolute Gasteiger partial charge is 0.375 e. The van der Waals surface area contributed by atoms with E-state index in [4.69, 9.17) is 4.74 Å². The van der Waals surface area contributed by atoms with Crippen LogP contribution in [0, 0.1) is 5.92 Å². The predicted octanol–water partition coefficient (Wildman–Crippen LogP) is 2.18. The average molecular weight is 414 g/mol. The van der Waals surface area contributed by atoms with E-state index in [1.165, 1.54) is 18.4 Å². The summed E-state index contributed by atoms with van der Waals surface area (Å²) in [4.78, 5) is 31.0. The number of likely N-dealkylation sites (tertiary alicyclic amines) is 1. The van der Waals surface area contributed by atoms with E-state index < -0.39 is 0 Å². The molecule has 3 fully saturated rings. The van der Waals surface area contributed by atoms with Gasteiger partial charge in [0.05, 0.1) is 12.6 Å². The van der Waals surface area contributed by atoms with E-state index in [1.807, 2.05) is 15.9 Å². The number of benzene rings is 1. The van der Waals surface area contributed by atoms with Crippen LogP contribution < -0.4 is 0 Å². The minimum Gasteiger partial charge on any atom is -0.375 e. The minimum absolute atomic E-state index is 0.0706. The van der Waals surface area contributed by atoms with Gasteiger partial charge in [-0.1, -0.05) is 30.3 Å². The van der Waals surface area contributed by atoms with Crippen LogP contribution in [0.2, 0.25) is 0 Å². The molecule has 0 bridgehead atoms. The third kappa shape index (κ3) is 6.29. The van der Waals surface area contributed by atoms with Gasteiger partial charge in [0.2, 0.25) is 11.8 Å². The predicted molar refractivity (Wildman–Crippen MR) is 116 cm³/mol. The zero-order valence-electron chi connectivity index (χ0n) is 18.0. The molecule has 164 valence electrons. The Morgan fingerprint density at radius 2 is 1.73 bits per heavy atom. The van der Waals surface area contributed by atoms with Crippen molar-refractivity contribution in [2.45, 2.75) is 44.6 Å². The van der Waals surface area contributed by atoms with E-state index in [-0.39, 0.29) is 17.9 Å². The topological polar surface area (TPSA) is 53.1 Å². The van der Waals surface area contributed by atoms with Crippen molar-refractivity contribution >= 4 is 11.8 Å². The standard InChI is InChI=1S/C24H35N3O3/c28-23-8-4-12-26(23)13-5-14-27-17-22(30-19-21-9-10-21)16-25(18-24(27)29)15-11-20-6-2-1-3-7-20/h1-3,6-7,21-22H,4-5,8-19H2/t22-/m0/s1. The molecule has 3 aliphatic rings. The smallest absolute Gasteiger partial charge is 0.236 e. The van der Waals surface area contributed by atoms with Gasteiger partial charge in [0.1, 0.15) is 0 Å². The molecule has 2 heterocycles. The maximum Gasteiger partial charge on any atom is 0.236 e. The van der Waals surface area contributed by atoms with Crippen molar-refractivity contribution < 1.29 is 14.3 Å². The van der Waals surface area contributed by atoms with Crippen LogP contribution in [0.25, 0.3) is 0 Å². The number of ether oxygens (including phenoxy) is 1. The van der Waals surface area contributed by atoms with Gasteiger partial charge >= 0.3 is 0 Å². The molecule has 6 nitrogen and oxygen atoms in total. The Hall–Kier alpha value is -1.92. The molecule has 1 aromatic carbocycles. The van der Waals surface area contributed by atoms with Crippen molar-refractivity contribution in [1.29, 1.82) is 0 Å². The third-order valence-corrected chi connectivity index (χ3v) is 6.45. The number of nitrogens with zero attached hydrogens (tertiary/aromatic N) is 3. The zero-order chi connectivity index (χ0) is 20.8. The van der Waals surface area contributed by atoms with Gasteiger partial charge in [0.25, 0.3) is 0 Å². The molecule has 30 heavy (non-hydrogen) atoms. The summed E-state index contributed by atoms with van der Waals surface area (Å²) in [6.45, 7) is 5.96. The fraction of sp³-hybridized carbons (Fsp3) is 0.667. The number of carbonyl (C=O) groups excluding carboxylic acids is 2. The van der Waals surface area contributed by atoms with Crippen LogP contribution in [0.3, 0.4) is 0 Å². The highest BCUT2D eigenvalue weighted by molar-refractivity contribution is 5.79. The highest BCUT2D eigenvalue weighted by Crippen LogP contribution is 2.29. The molecule has 0 unspecified atom stereocenters. The van der Waals surface area contributed by atoms with Crippen LogP contribution in [0.1, 0.15) is 37.7 Å². The van der Waals surface area contributed by atoms with Crippen LogP contribution in [-0.4, -0.2) is 85.0 Å². The number of hydrogen-bond donors (Lipinski definition) is 0.